The lowest BCUT2D eigenvalue weighted by molar-refractivity contribution is 0.0949. The number of hydrogen-bond donors (Lipinski definition) is 3. The van der Waals surface area contributed by atoms with Crippen molar-refractivity contribution >= 4 is 38.7 Å². The largest absolute Gasteiger partial charge is 0.494 e. The fraction of sp³-hybridized carbons (Fsp3) is 0.258. The number of nitrogens with zero attached hydrogens (tertiary/aromatic N) is 1. The standard InChI is InChI=1S/C31H32N4O5S2/c1-31(2,3)34-15-6-16-40-22-12-9-20(10-13-22)30-33-19-23(41-30)18-32-28(36)21-11-14-27-25(17-21)35-29(37)24-7-4-5-8-26(24)42(27,38)39/h4-5,7-14,17,19,34H,6,15-16,18H2,1-3H3,(H,32,36)(H,35,37). The van der Waals surface area contributed by atoms with E-state index in [1.54, 1.807) is 18.3 Å². The molecule has 0 aliphatic carbocycles. The Morgan fingerprint density at radius 1 is 1.02 bits per heavy atom. The van der Waals surface area contributed by atoms with Gasteiger partial charge in [-0.25, -0.2) is 13.4 Å². The number of nitrogens with one attached hydrogen (secondary N) is 3. The summed E-state index contributed by atoms with van der Waals surface area (Å²) < 4.78 is 32.2. The third-order valence-corrected chi connectivity index (χ3v) is 9.44. The predicted octanol–water partition coefficient (Wildman–Crippen LogP) is 5.30. The highest BCUT2D eigenvalue weighted by Gasteiger charge is 2.31. The molecule has 3 aromatic carbocycles. The molecule has 0 fully saturated rings. The van der Waals surface area contributed by atoms with Crippen LogP contribution in [0.4, 0.5) is 5.69 Å². The Hall–Kier alpha value is -4.06. The molecule has 1 aliphatic rings. The molecule has 11 heteroatoms. The Morgan fingerprint density at radius 2 is 1.79 bits per heavy atom. The van der Waals surface area contributed by atoms with Crippen molar-refractivity contribution in [3.63, 3.8) is 0 Å². The average molecular weight is 605 g/mol. The van der Waals surface area contributed by atoms with Gasteiger partial charge in [-0.05, 0) is 88.3 Å². The van der Waals surface area contributed by atoms with Crippen molar-refractivity contribution in [2.24, 2.45) is 0 Å². The van der Waals surface area contributed by atoms with Crippen molar-refractivity contribution in [3.8, 4) is 16.3 Å². The number of carbonyl (C=O) groups excluding carboxylic acids is 2. The maximum Gasteiger partial charge on any atom is 0.257 e. The van der Waals surface area contributed by atoms with Crippen molar-refractivity contribution in [2.75, 3.05) is 18.5 Å². The van der Waals surface area contributed by atoms with E-state index in [4.69, 9.17) is 4.74 Å². The summed E-state index contributed by atoms with van der Waals surface area (Å²) >= 11 is 1.46. The molecule has 0 unspecified atom stereocenters. The van der Waals surface area contributed by atoms with Gasteiger partial charge in [-0.15, -0.1) is 11.3 Å². The molecule has 1 aromatic heterocycles. The quantitative estimate of drug-likeness (QED) is 0.222. The summed E-state index contributed by atoms with van der Waals surface area (Å²) in [7, 11) is -3.94. The van der Waals surface area contributed by atoms with Crippen molar-refractivity contribution in [1.29, 1.82) is 0 Å². The Bertz CT molecular complexity index is 1720. The Morgan fingerprint density at radius 3 is 2.55 bits per heavy atom. The van der Waals surface area contributed by atoms with Crippen LogP contribution < -0.4 is 20.7 Å². The number of hydrogen-bond acceptors (Lipinski definition) is 8. The molecule has 0 saturated carbocycles. The van der Waals surface area contributed by atoms with Gasteiger partial charge in [0.05, 0.1) is 34.2 Å². The van der Waals surface area contributed by atoms with Gasteiger partial charge in [-0.1, -0.05) is 12.1 Å². The first-order valence-corrected chi connectivity index (χ1v) is 15.8. The Labute approximate surface area is 249 Å². The van der Waals surface area contributed by atoms with Crippen molar-refractivity contribution < 1.29 is 22.7 Å². The second-order valence-electron chi connectivity index (χ2n) is 10.9. The lowest BCUT2D eigenvalue weighted by atomic mass is 10.1. The summed E-state index contributed by atoms with van der Waals surface area (Å²) in [5.41, 5.74) is 1.40. The van der Waals surface area contributed by atoms with E-state index in [0.717, 1.165) is 34.2 Å². The Balaban J connectivity index is 1.18. The minimum absolute atomic E-state index is 0.0570. The lowest BCUT2D eigenvalue weighted by Gasteiger charge is -2.20. The molecule has 0 atom stereocenters. The van der Waals surface area contributed by atoms with Crippen molar-refractivity contribution in [3.05, 3.63) is 88.9 Å². The highest BCUT2D eigenvalue weighted by molar-refractivity contribution is 7.91. The zero-order valence-corrected chi connectivity index (χ0v) is 25.2. The van der Waals surface area contributed by atoms with Crippen LogP contribution in [-0.4, -0.2) is 43.9 Å². The van der Waals surface area contributed by atoms with Gasteiger partial charge in [0.1, 0.15) is 10.8 Å². The minimum Gasteiger partial charge on any atom is -0.494 e. The molecule has 2 heterocycles. The lowest BCUT2D eigenvalue weighted by Crippen LogP contribution is -2.36. The van der Waals surface area contributed by atoms with E-state index in [1.807, 2.05) is 24.3 Å². The van der Waals surface area contributed by atoms with E-state index in [-0.39, 0.29) is 38.7 Å². The van der Waals surface area contributed by atoms with E-state index < -0.39 is 21.7 Å². The van der Waals surface area contributed by atoms with Crippen LogP contribution in [0.5, 0.6) is 5.75 Å². The summed E-state index contributed by atoms with van der Waals surface area (Å²) in [5, 5.41) is 9.74. The third-order valence-electron chi connectivity index (χ3n) is 6.52. The second kappa shape index (κ2) is 12.0. The molecule has 0 bridgehead atoms. The number of fused-ring (bicyclic) bond motifs is 2. The van der Waals surface area contributed by atoms with Crippen LogP contribution in [-0.2, 0) is 16.4 Å². The van der Waals surface area contributed by atoms with E-state index in [0.29, 0.717) is 6.61 Å². The van der Waals surface area contributed by atoms with E-state index in [2.05, 4.69) is 41.7 Å². The summed E-state index contributed by atoms with van der Waals surface area (Å²) in [6, 6.07) is 18.0. The number of thiazole rings is 1. The predicted molar refractivity (Wildman–Crippen MR) is 163 cm³/mol. The van der Waals surface area contributed by atoms with Crippen molar-refractivity contribution in [1.82, 2.24) is 15.6 Å². The number of amides is 2. The number of benzene rings is 3. The highest BCUT2D eigenvalue weighted by atomic mass is 32.2. The van der Waals surface area contributed by atoms with Gasteiger partial charge in [-0.2, -0.15) is 0 Å². The molecular weight excluding hydrogens is 572 g/mol. The van der Waals surface area contributed by atoms with Crippen molar-refractivity contribution in [2.45, 2.75) is 49.1 Å². The average Bonchev–Trinajstić information content (AvgIpc) is 3.41. The molecule has 0 saturated heterocycles. The first kappa shape index (κ1) is 29.4. The van der Waals surface area contributed by atoms with Gasteiger partial charge in [0.2, 0.25) is 9.84 Å². The maximum atomic E-state index is 13.2. The van der Waals surface area contributed by atoms with Crippen LogP contribution >= 0.6 is 11.3 Å². The Kier molecular flexibility index (Phi) is 8.44. The zero-order chi connectivity index (χ0) is 29.9. The normalized spacial score (nSPS) is 13.8. The van der Waals surface area contributed by atoms with Gasteiger partial charge < -0.3 is 20.7 Å². The number of sulfone groups is 1. The molecule has 42 heavy (non-hydrogen) atoms. The van der Waals surface area contributed by atoms with Crippen LogP contribution in [0.15, 0.2) is 82.7 Å². The molecule has 0 radical (unpaired) electrons. The minimum atomic E-state index is -3.94. The smallest absolute Gasteiger partial charge is 0.257 e. The molecule has 2 amide bonds. The molecule has 0 spiro atoms. The number of ether oxygens (including phenoxy) is 1. The number of aromatic nitrogens is 1. The summed E-state index contributed by atoms with van der Waals surface area (Å²) in [4.78, 5) is 30.9. The molecule has 218 valence electrons. The van der Waals surface area contributed by atoms with E-state index >= 15 is 0 Å². The van der Waals surface area contributed by atoms with E-state index in [9.17, 15) is 18.0 Å². The van der Waals surface area contributed by atoms with Crippen LogP contribution in [0.3, 0.4) is 0 Å². The molecule has 4 aromatic rings. The third kappa shape index (κ3) is 6.70. The highest BCUT2D eigenvalue weighted by Crippen LogP contribution is 2.34. The first-order valence-electron chi connectivity index (χ1n) is 13.5. The summed E-state index contributed by atoms with van der Waals surface area (Å²) in [6.07, 6.45) is 2.63. The fourth-order valence-electron chi connectivity index (χ4n) is 4.41. The van der Waals surface area contributed by atoms with Gasteiger partial charge >= 0.3 is 0 Å². The fourth-order valence-corrected chi connectivity index (χ4v) is 6.86. The van der Waals surface area contributed by atoms with Gasteiger partial charge in [0.15, 0.2) is 0 Å². The SMILES string of the molecule is CC(C)(C)NCCCOc1ccc(-c2ncc(CNC(=O)c3ccc4c(c3)NC(=O)c3ccccc3S4(=O)=O)s2)cc1. The van der Waals surface area contributed by atoms with Gasteiger partial charge in [0.25, 0.3) is 11.8 Å². The first-order chi connectivity index (χ1) is 20.0. The van der Waals surface area contributed by atoms with Crippen LogP contribution in [0.2, 0.25) is 0 Å². The zero-order valence-electron chi connectivity index (χ0n) is 23.6. The topological polar surface area (TPSA) is 126 Å². The summed E-state index contributed by atoms with van der Waals surface area (Å²) in [6.45, 7) is 8.17. The number of rotatable bonds is 9. The second-order valence-corrected chi connectivity index (χ2v) is 13.9. The maximum absolute atomic E-state index is 13.2. The number of carbonyl (C=O) groups is 2. The van der Waals surface area contributed by atoms with Crippen LogP contribution in [0, 0.1) is 0 Å². The van der Waals surface area contributed by atoms with Gasteiger partial charge in [0, 0.05) is 27.7 Å². The summed E-state index contributed by atoms with van der Waals surface area (Å²) in [5.74, 6) is -0.150. The molecule has 9 nitrogen and oxygen atoms in total. The molecular formula is C31H32N4O5S2. The van der Waals surface area contributed by atoms with Crippen LogP contribution in [0.25, 0.3) is 10.6 Å². The molecule has 3 N–H and O–H groups in total. The van der Waals surface area contributed by atoms with Crippen LogP contribution in [0.1, 0.15) is 52.8 Å². The van der Waals surface area contributed by atoms with Gasteiger partial charge in [-0.3, -0.25) is 9.59 Å². The monoisotopic (exact) mass is 604 g/mol. The van der Waals surface area contributed by atoms with E-state index in [1.165, 1.54) is 41.7 Å². The number of anilines is 1. The molecule has 1 aliphatic heterocycles. The molecule has 5 rings (SSSR count).